The van der Waals surface area contributed by atoms with E-state index in [4.69, 9.17) is 9.47 Å². The topological polar surface area (TPSA) is 105 Å². The summed E-state index contributed by atoms with van der Waals surface area (Å²) < 4.78 is 36.8. The molecule has 1 aliphatic carbocycles. The second-order valence-corrected chi connectivity index (χ2v) is 10.9. The predicted molar refractivity (Wildman–Crippen MR) is 139 cm³/mol. The molecule has 10 heteroatoms. The first-order valence-electron chi connectivity index (χ1n) is 12.0. The third-order valence-electron chi connectivity index (χ3n) is 6.40. The molecule has 1 fully saturated rings. The standard InChI is InChI=1S/C26H35N3O6S/c1-19(26(31)27-21-8-5-6-9-21)28(17-20-12-14-23(34-2)15-13-20)25(30)18-29(36(4,32)33)22-10-7-11-24(16-22)35-3/h7,10-16,19,21H,5-6,8-9,17-18H2,1-4H3,(H,27,31)/t19-/m0/s1. The fourth-order valence-electron chi connectivity index (χ4n) is 4.28. The summed E-state index contributed by atoms with van der Waals surface area (Å²) in [6.45, 7) is 1.35. The maximum atomic E-state index is 13.6. The minimum Gasteiger partial charge on any atom is -0.497 e. The van der Waals surface area contributed by atoms with Crippen molar-refractivity contribution >= 4 is 27.5 Å². The van der Waals surface area contributed by atoms with Gasteiger partial charge in [0.1, 0.15) is 24.1 Å². The third kappa shape index (κ3) is 7.13. The first-order valence-corrected chi connectivity index (χ1v) is 13.8. The highest BCUT2D eigenvalue weighted by Gasteiger charge is 2.31. The molecule has 0 unspecified atom stereocenters. The van der Waals surface area contributed by atoms with Gasteiger partial charge in [0.25, 0.3) is 0 Å². The fraction of sp³-hybridized carbons (Fsp3) is 0.462. The first-order chi connectivity index (χ1) is 17.1. The van der Waals surface area contributed by atoms with Crippen molar-refractivity contribution < 1.29 is 27.5 Å². The van der Waals surface area contributed by atoms with Crippen molar-refractivity contribution in [2.75, 3.05) is 31.3 Å². The van der Waals surface area contributed by atoms with Gasteiger partial charge in [-0.05, 0) is 49.6 Å². The molecule has 2 aromatic carbocycles. The maximum Gasteiger partial charge on any atom is 0.244 e. The van der Waals surface area contributed by atoms with E-state index in [9.17, 15) is 18.0 Å². The second-order valence-electron chi connectivity index (χ2n) is 9.01. The van der Waals surface area contributed by atoms with Crippen LogP contribution in [0.15, 0.2) is 48.5 Å². The molecule has 0 saturated heterocycles. The first kappa shape index (κ1) is 27.3. The monoisotopic (exact) mass is 517 g/mol. The van der Waals surface area contributed by atoms with Gasteiger partial charge in [0.2, 0.25) is 21.8 Å². The highest BCUT2D eigenvalue weighted by Crippen LogP contribution is 2.24. The van der Waals surface area contributed by atoms with E-state index in [0.717, 1.165) is 41.8 Å². The average Bonchev–Trinajstić information content (AvgIpc) is 3.38. The van der Waals surface area contributed by atoms with Crippen molar-refractivity contribution in [3.8, 4) is 11.5 Å². The smallest absolute Gasteiger partial charge is 0.244 e. The van der Waals surface area contributed by atoms with E-state index in [0.29, 0.717) is 17.2 Å². The van der Waals surface area contributed by atoms with Gasteiger partial charge in [-0.3, -0.25) is 13.9 Å². The van der Waals surface area contributed by atoms with Crippen LogP contribution in [0.3, 0.4) is 0 Å². The zero-order chi connectivity index (χ0) is 26.3. The quantitative estimate of drug-likeness (QED) is 0.491. The molecule has 2 aromatic rings. The number of carbonyl (C=O) groups is 2. The largest absolute Gasteiger partial charge is 0.497 e. The lowest BCUT2D eigenvalue weighted by molar-refractivity contribution is -0.139. The van der Waals surface area contributed by atoms with Crippen molar-refractivity contribution in [3.63, 3.8) is 0 Å². The lowest BCUT2D eigenvalue weighted by atomic mass is 10.1. The van der Waals surface area contributed by atoms with E-state index in [2.05, 4.69) is 5.32 Å². The predicted octanol–water partition coefficient (Wildman–Crippen LogP) is 2.95. The molecule has 0 bridgehead atoms. The van der Waals surface area contributed by atoms with E-state index >= 15 is 0 Å². The summed E-state index contributed by atoms with van der Waals surface area (Å²) in [6, 6.07) is 13.0. The minimum absolute atomic E-state index is 0.0993. The van der Waals surface area contributed by atoms with Crippen molar-refractivity contribution in [3.05, 3.63) is 54.1 Å². The number of nitrogens with one attached hydrogen (secondary N) is 1. The Balaban J connectivity index is 1.88. The van der Waals surface area contributed by atoms with Crippen LogP contribution in [-0.2, 0) is 26.2 Å². The van der Waals surface area contributed by atoms with E-state index in [1.54, 1.807) is 50.4 Å². The fourth-order valence-corrected chi connectivity index (χ4v) is 5.12. The molecule has 9 nitrogen and oxygen atoms in total. The zero-order valence-corrected chi connectivity index (χ0v) is 22.1. The van der Waals surface area contributed by atoms with Gasteiger partial charge < -0.3 is 19.7 Å². The van der Waals surface area contributed by atoms with Gasteiger partial charge >= 0.3 is 0 Å². The van der Waals surface area contributed by atoms with Gasteiger partial charge in [-0.25, -0.2) is 8.42 Å². The molecule has 1 aliphatic rings. The van der Waals surface area contributed by atoms with E-state index in [1.165, 1.54) is 12.0 Å². The molecule has 1 N–H and O–H groups in total. The number of hydrogen-bond acceptors (Lipinski definition) is 6. The van der Waals surface area contributed by atoms with Crippen LogP contribution >= 0.6 is 0 Å². The molecule has 2 amide bonds. The summed E-state index contributed by atoms with van der Waals surface area (Å²) in [4.78, 5) is 28.1. The minimum atomic E-state index is -3.80. The van der Waals surface area contributed by atoms with E-state index < -0.39 is 28.5 Å². The van der Waals surface area contributed by atoms with Gasteiger partial charge in [-0.15, -0.1) is 0 Å². The number of hydrogen-bond donors (Lipinski definition) is 1. The molecule has 0 heterocycles. The Labute approximate surface area is 213 Å². The van der Waals surface area contributed by atoms with Crippen LogP contribution in [0.25, 0.3) is 0 Å². The van der Waals surface area contributed by atoms with Crippen molar-refractivity contribution in [2.24, 2.45) is 0 Å². The summed E-state index contributed by atoms with van der Waals surface area (Å²) in [5.74, 6) is 0.391. The summed E-state index contributed by atoms with van der Waals surface area (Å²) in [5, 5.41) is 3.05. The van der Waals surface area contributed by atoms with Crippen molar-refractivity contribution in [1.29, 1.82) is 0 Å². The third-order valence-corrected chi connectivity index (χ3v) is 7.54. The molecule has 36 heavy (non-hydrogen) atoms. The van der Waals surface area contributed by atoms with Crippen molar-refractivity contribution in [2.45, 2.75) is 51.2 Å². The molecule has 1 atom stereocenters. The molecule has 1 saturated carbocycles. The Morgan fingerprint density at radius 3 is 2.25 bits per heavy atom. The molecular formula is C26H35N3O6S. The van der Waals surface area contributed by atoms with E-state index in [1.807, 2.05) is 12.1 Å². The van der Waals surface area contributed by atoms with Gasteiger partial charge in [0.15, 0.2) is 0 Å². The van der Waals surface area contributed by atoms with Crippen LogP contribution < -0.4 is 19.1 Å². The molecular weight excluding hydrogens is 482 g/mol. The lowest BCUT2D eigenvalue weighted by Gasteiger charge is -2.32. The van der Waals surface area contributed by atoms with Gasteiger partial charge in [0, 0.05) is 18.7 Å². The maximum absolute atomic E-state index is 13.6. The molecule has 196 valence electrons. The summed E-state index contributed by atoms with van der Waals surface area (Å²) in [7, 11) is -0.754. The lowest BCUT2D eigenvalue weighted by Crippen LogP contribution is -2.52. The SMILES string of the molecule is COc1ccc(CN(C(=O)CN(c2cccc(OC)c2)S(C)(=O)=O)[C@@H](C)C(=O)NC2CCCC2)cc1. The Hall–Kier alpha value is -3.27. The summed E-state index contributed by atoms with van der Waals surface area (Å²) in [6.07, 6.45) is 5.02. The van der Waals surface area contributed by atoms with Crippen LogP contribution in [0.5, 0.6) is 11.5 Å². The molecule has 0 aromatic heterocycles. The van der Waals surface area contributed by atoms with Crippen LogP contribution in [0, 0.1) is 0 Å². The Bertz CT molecular complexity index is 1150. The van der Waals surface area contributed by atoms with Crippen LogP contribution in [0.4, 0.5) is 5.69 Å². The highest BCUT2D eigenvalue weighted by atomic mass is 32.2. The van der Waals surface area contributed by atoms with Gasteiger partial charge in [-0.1, -0.05) is 31.0 Å². The Kier molecular flexibility index (Phi) is 9.19. The van der Waals surface area contributed by atoms with Gasteiger partial charge in [-0.2, -0.15) is 0 Å². The number of amides is 2. The van der Waals surface area contributed by atoms with E-state index in [-0.39, 0.29) is 18.5 Å². The molecule has 0 radical (unpaired) electrons. The molecule has 0 aliphatic heterocycles. The number of sulfonamides is 1. The number of benzene rings is 2. The number of methoxy groups -OCH3 is 2. The van der Waals surface area contributed by atoms with Crippen LogP contribution in [-0.4, -0.2) is 64.2 Å². The number of anilines is 1. The van der Waals surface area contributed by atoms with Crippen LogP contribution in [0.1, 0.15) is 38.2 Å². The average molecular weight is 518 g/mol. The zero-order valence-electron chi connectivity index (χ0n) is 21.3. The summed E-state index contributed by atoms with van der Waals surface area (Å²) in [5.41, 5.74) is 1.09. The summed E-state index contributed by atoms with van der Waals surface area (Å²) >= 11 is 0. The Morgan fingerprint density at radius 1 is 1.03 bits per heavy atom. The number of nitrogens with zero attached hydrogens (tertiary/aromatic N) is 2. The number of ether oxygens (including phenoxy) is 2. The Morgan fingerprint density at radius 2 is 1.67 bits per heavy atom. The highest BCUT2D eigenvalue weighted by molar-refractivity contribution is 7.92. The van der Waals surface area contributed by atoms with Crippen molar-refractivity contribution in [1.82, 2.24) is 10.2 Å². The van der Waals surface area contributed by atoms with Crippen LogP contribution in [0.2, 0.25) is 0 Å². The number of carbonyl (C=O) groups excluding carboxylic acids is 2. The van der Waals surface area contributed by atoms with Gasteiger partial charge in [0.05, 0.1) is 26.2 Å². The molecule has 3 rings (SSSR count). The normalized spacial score (nSPS) is 14.7. The second kappa shape index (κ2) is 12.1. The number of rotatable bonds is 11. The molecule has 0 spiro atoms.